The fourth-order valence-corrected chi connectivity index (χ4v) is 5.32. The highest BCUT2D eigenvalue weighted by Crippen LogP contribution is 2.32. The summed E-state index contributed by atoms with van der Waals surface area (Å²) in [5.74, 6) is 0.858. The van der Waals surface area contributed by atoms with Crippen LogP contribution in [0.4, 0.5) is 0 Å². The lowest BCUT2D eigenvalue weighted by atomic mass is 10.0. The number of benzene rings is 2. The second-order valence-corrected chi connectivity index (χ2v) is 9.91. The number of aliphatic hydroxyl groups excluding tert-OH is 1. The molecule has 0 fully saturated rings. The molecule has 0 saturated heterocycles. The third-order valence-corrected chi connectivity index (χ3v) is 7.25. The van der Waals surface area contributed by atoms with Gasteiger partial charge in [-0.05, 0) is 25.0 Å². The molecule has 0 aliphatic rings. The van der Waals surface area contributed by atoms with Crippen molar-refractivity contribution in [3.63, 3.8) is 0 Å². The predicted octanol–water partition coefficient (Wildman–Crippen LogP) is 3.43. The quantitative estimate of drug-likeness (QED) is 0.444. The summed E-state index contributed by atoms with van der Waals surface area (Å²) in [5, 5.41) is 24.7. The molecule has 0 amide bonds. The number of hydrogen-bond acceptors (Lipinski definition) is 6. The molecule has 2 N–H and O–H groups in total. The molecule has 0 bridgehead atoms. The van der Waals surface area contributed by atoms with E-state index in [1.807, 2.05) is 51.1 Å². The van der Waals surface area contributed by atoms with Gasteiger partial charge in [0.15, 0.2) is 11.5 Å². The van der Waals surface area contributed by atoms with Crippen LogP contribution < -0.4 is 4.72 Å². The number of aromatic nitrogens is 4. The summed E-state index contributed by atoms with van der Waals surface area (Å²) < 4.78 is 30.5. The van der Waals surface area contributed by atoms with Crippen molar-refractivity contribution in [2.24, 2.45) is 0 Å². The first kappa shape index (κ1) is 22.3. The summed E-state index contributed by atoms with van der Waals surface area (Å²) in [6.45, 7) is 7.37. The lowest BCUT2D eigenvalue weighted by molar-refractivity contribution is 0.254. The monoisotopic (exact) mass is 453 g/mol. The van der Waals surface area contributed by atoms with Crippen molar-refractivity contribution in [1.82, 2.24) is 24.5 Å². The highest BCUT2D eigenvalue weighted by Gasteiger charge is 2.23. The fraction of sp³-hybridized carbons (Fsp3) is 0.348. The van der Waals surface area contributed by atoms with Crippen molar-refractivity contribution in [3.05, 3.63) is 53.9 Å². The van der Waals surface area contributed by atoms with Gasteiger partial charge in [-0.15, -0.1) is 10.2 Å². The van der Waals surface area contributed by atoms with Crippen molar-refractivity contribution in [3.8, 4) is 11.3 Å². The number of nitrogens with zero attached hydrogens (tertiary/aromatic N) is 4. The van der Waals surface area contributed by atoms with Gasteiger partial charge in [-0.25, -0.2) is 13.1 Å². The van der Waals surface area contributed by atoms with Crippen LogP contribution in [-0.2, 0) is 10.0 Å². The zero-order chi connectivity index (χ0) is 23.0. The van der Waals surface area contributed by atoms with Crippen molar-refractivity contribution < 1.29 is 13.5 Å². The van der Waals surface area contributed by atoms with E-state index in [0.29, 0.717) is 28.9 Å². The number of nitrogens with one attached hydrogen (secondary N) is 1. The molecule has 2 aromatic heterocycles. The Hall–Kier alpha value is -2.88. The second-order valence-electron chi connectivity index (χ2n) is 8.23. The van der Waals surface area contributed by atoms with Gasteiger partial charge in [-0.3, -0.25) is 0 Å². The third-order valence-electron chi connectivity index (χ3n) is 5.59. The Kier molecular flexibility index (Phi) is 5.98. The van der Waals surface area contributed by atoms with Gasteiger partial charge >= 0.3 is 0 Å². The largest absolute Gasteiger partial charge is 0.395 e. The fourth-order valence-electron chi connectivity index (χ4n) is 3.74. The molecule has 0 aliphatic heterocycles. The molecule has 0 unspecified atom stereocenters. The van der Waals surface area contributed by atoms with Crippen LogP contribution in [0.15, 0.2) is 47.4 Å². The van der Waals surface area contributed by atoms with Gasteiger partial charge in [-0.2, -0.15) is 9.61 Å². The summed E-state index contributed by atoms with van der Waals surface area (Å²) in [5.41, 5.74) is 2.62. The summed E-state index contributed by atoms with van der Waals surface area (Å²) in [6, 6.07) is 12.5. The molecule has 32 heavy (non-hydrogen) atoms. The molecule has 0 radical (unpaired) electrons. The minimum Gasteiger partial charge on any atom is -0.395 e. The van der Waals surface area contributed by atoms with Gasteiger partial charge in [0.1, 0.15) is 0 Å². The second kappa shape index (κ2) is 8.57. The smallest absolute Gasteiger partial charge is 0.241 e. The number of aryl methyl sites for hydroxylation is 1. The van der Waals surface area contributed by atoms with Crippen LogP contribution >= 0.6 is 0 Å². The van der Waals surface area contributed by atoms with Gasteiger partial charge in [0.05, 0.1) is 17.2 Å². The minimum absolute atomic E-state index is 0.120. The Labute approximate surface area is 187 Å². The van der Waals surface area contributed by atoms with E-state index in [-0.39, 0.29) is 17.4 Å². The van der Waals surface area contributed by atoms with E-state index in [1.165, 1.54) is 0 Å². The zero-order valence-electron chi connectivity index (χ0n) is 18.6. The van der Waals surface area contributed by atoms with Crippen molar-refractivity contribution in [1.29, 1.82) is 0 Å². The topological polar surface area (TPSA) is 109 Å². The molecule has 1 atom stereocenters. The summed E-state index contributed by atoms with van der Waals surface area (Å²) in [4.78, 5) is 0.167. The zero-order valence-corrected chi connectivity index (χ0v) is 19.4. The van der Waals surface area contributed by atoms with Crippen LogP contribution in [0.5, 0.6) is 0 Å². The number of rotatable bonds is 7. The Morgan fingerprint density at radius 3 is 2.47 bits per heavy atom. The molecule has 9 heteroatoms. The number of aliphatic hydroxyl groups is 1. The SMILES string of the molecule is CC[C@@H](CO)NS(=O)(=O)c1cc(-c2nn3c(C(C)C)nnc3c3ccccc23)ccc1C. The van der Waals surface area contributed by atoms with Gasteiger partial charge < -0.3 is 5.11 Å². The van der Waals surface area contributed by atoms with E-state index in [0.717, 1.165) is 16.6 Å². The van der Waals surface area contributed by atoms with Crippen LogP contribution in [0.1, 0.15) is 44.5 Å². The number of fused-ring (bicyclic) bond motifs is 3. The maximum atomic E-state index is 13.1. The highest BCUT2D eigenvalue weighted by molar-refractivity contribution is 7.89. The summed E-state index contributed by atoms with van der Waals surface area (Å²) in [7, 11) is -3.82. The Morgan fingerprint density at radius 2 is 1.81 bits per heavy atom. The van der Waals surface area contributed by atoms with E-state index in [4.69, 9.17) is 5.10 Å². The average Bonchev–Trinajstić information content (AvgIpc) is 3.22. The molecule has 4 rings (SSSR count). The van der Waals surface area contributed by atoms with E-state index < -0.39 is 16.1 Å². The minimum atomic E-state index is -3.82. The summed E-state index contributed by atoms with van der Waals surface area (Å²) in [6.07, 6.45) is 0.489. The molecule has 2 aromatic carbocycles. The summed E-state index contributed by atoms with van der Waals surface area (Å²) >= 11 is 0. The molecule has 0 spiro atoms. The first-order valence-corrected chi connectivity index (χ1v) is 12.1. The number of sulfonamides is 1. The van der Waals surface area contributed by atoms with Crippen molar-refractivity contribution >= 4 is 26.4 Å². The Morgan fingerprint density at radius 1 is 1.09 bits per heavy atom. The molecule has 168 valence electrons. The van der Waals surface area contributed by atoms with Crippen LogP contribution in [-0.4, -0.2) is 46.0 Å². The molecular formula is C23H27N5O3S. The first-order chi connectivity index (χ1) is 15.3. The van der Waals surface area contributed by atoms with Crippen LogP contribution in [0, 0.1) is 6.92 Å². The standard InChI is InChI=1S/C23H27N5O3S/c1-5-17(13-29)27-32(30,31)20-12-16(11-10-15(20)4)21-18-8-6-7-9-19(18)23-25-24-22(14(2)3)28(23)26-21/h6-12,14,17,27,29H,5,13H2,1-4H3/t17-/m0/s1. The molecular weight excluding hydrogens is 426 g/mol. The normalized spacial score (nSPS) is 13.3. The predicted molar refractivity (Wildman–Crippen MR) is 124 cm³/mol. The average molecular weight is 454 g/mol. The lowest BCUT2D eigenvalue weighted by Crippen LogP contribution is -2.37. The third kappa shape index (κ3) is 3.87. The van der Waals surface area contributed by atoms with E-state index in [1.54, 1.807) is 23.6 Å². The lowest BCUT2D eigenvalue weighted by Gasteiger charge is -2.17. The van der Waals surface area contributed by atoms with Crippen LogP contribution in [0.3, 0.4) is 0 Å². The Balaban J connectivity index is 1.95. The van der Waals surface area contributed by atoms with Gasteiger partial charge in [-0.1, -0.05) is 57.2 Å². The van der Waals surface area contributed by atoms with E-state index in [2.05, 4.69) is 14.9 Å². The number of hydrogen-bond donors (Lipinski definition) is 2. The Bertz CT molecular complexity index is 1390. The molecule has 4 aromatic rings. The molecule has 0 saturated carbocycles. The first-order valence-electron chi connectivity index (χ1n) is 10.6. The van der Waals surface area contributed by atoms with Crippen LogP contribution in [0.25, 0.3) is 27.7 Å². The van der Waals surface area contributed by atoms with Gasteiger partial charge in [0.25, 0.3) is 0 Å². The van der Waals surface area contributed by atoms with Gasteiger partial charge in [0, 0.05) is 28.3 Å². The van der Waals surface area contributed by atoms with Crippen molar-refractivity contribution in [2.45, 2.75) is 51.0 Å². The maximum absolute atomic E-state index is 13.1. The van der Waals surface area contributed by atoms with Gasteiger partial charge in [0.2, 0.25) is 10.0 Å². The van der Waals surface area contributed by atoms with E-state index in [9.17, 15) is 13.5 Å². The van der Waals surface area contributed by atoms with Crippen molar-refractivity contribution in [2.75, 3.05) is 6.61 Å². The van der Waals surface area contributed by atoms with E-state index >= 15 is 0 Å². The maximum Gasteiger partial charge on any atom is 0.241 e. The highest BCUT2D eigenvalue weighted by atomic mass is 32.2. The molecule has 8 nitrogen and oxygen atoms in total. The van der Waals surface area contributed by atoms with Crippen LogP contribution in [0.2, 0.25) is 0 Å². The molecule has 0 aliphatic carbocycles. The molecule has 2 heterocycles.